The van der Waals surface area contributed by atoms with Gasteiger partial charge in [0.25, 0.3) is 0 Å². The Kier molecular flexibility index (Phi) is 5.69. The van der Waals surface area contributed by atoms with Gasteiger partial charge in [0.15, 0.2) is 0 Å². The smallest absolute Gasteiger partial charge is 0.330 e. The van der Waals surface area contributed by atoms with Gasteiger partial charge in [-0.2, -0.15) is 0 Å². The summed E-state index contributed by atoms with van der Waals surface area (Å²) in [5, 5.41) is 7.89. The van der Waals surface area contributed by atoms with Gasteiger partial charge in [-0.3, -0.25) is 0 Å². The molecule has 0 spiro atoms. The zero-order valence-corrected chi connectivity index (χ0v) is 5.65. The molecule has 0 rings (SSSR count). The maximum absolute atomic E-state index is 9.60. The van der Waals surface area contributed by atoms with E-state index in [9.17, 15) is 4.79 Å². The van der Waals surface area contributed by atoms with E-state index in [-0.39, 0.29) is 25.1 Å². The van der Waals surface area contributed by atoms with E-state index in [0.29, 0.717) is 0 Å². The first-order valence-corrected chi connectivity index (χ1v) is 1.53. The van der Waals surface area contributed by atoms with Gasteiger partial charge in [-0.1, -0.05) is 6.58 Å². The SMILES string of the molecule is C=C(C)C(=O)O.[Ru]. The summed E-state index contributed by atoms with van der Waals surface area (Å²) in [6, 6.07) is 0. The van der Waals surface area contributed by atoms with Crippen LogP contribution in [0.15, 0.2) is 12.2 Å². The zero-order valence-electron chi connectivity index (χ0n) is 3.92. The van der Waals surface area contributed by atoms with Crippen molar-refractivity contribution < 1.29 is 29.4 Å². The number of hydrogen-bond acceptors (Lipinski definition) is 1. The summed E-state index contributed by atoms with van der Waals surface area (Å²) in [5.74, 6) is -0.935. The number of carboxylic acid groups (broad SMARTS) is 1. The molecule has 0 aromatic carbocycles. The fraction of sp³-hybridized carbons (Fsp3) is 0.250. The molecule has 0 saturated carbocycles. The van der Waals surface area contributed by atoms with Crippen LogP contribution in [0.5, 0.6) is 0 Å². The Balaban J connectivity index is 0. The van der Waals surface area contributed by atoms with E-state index in [1.807, 2.05) is 0 Å². The minimum Gasteiger partial charge on any atom is -0.478 e. The fourth-order valence-electron chi connectivity index (χ4n) is 0. The van der Waals surface area contributed by atoms with Crippen LogP contribution < -0.4 is 0 Å². The number of aliphatic carboxylic acids is 1. The molecule has 0 atom stereocenters. The van der Waals surface area contributed by atoms with Crippen molar-refractivity contribution >= 4 is 5.97 Å². The summed E-state index contributed by atoms with van der Waals surface area (Å²) in [4.78, 5) is 9.60. The van der Waals surface area contributed by atoms with Crippen molar-refractivity contribution in [3.8, 4) is 0 Å². The van der Waals surface area contributed by atoms with E-state index in [4.69, 9.17) is 5.11 Å². The van der Waals surface area contributed by atoms with Crippen LogP contribution in [0.25, 0.3) is 0 Å². The van der Waals surface area contributed by atoms with Crippen molar-refractivity contribution in [2.75, 3.05) is 0 Å². The van der Waals surface area contributed by atoms with Gasteiger partial charge >= 0.3 is 5.97 Å². The Morgan fingerprint density at radius 1 is 1.71 bits per heavy atom. The Bertz CT molecular complexity index is 75.7. The summed E-state index contributed by atoms with van der Waals surface area (Å²) in [7, 11) is 0. The van der Waals surface area contributed by atoms with Crippen molar-refractivity contribution in [2.45, 2.75) is 6.92 Å². The molecule has 0 aliphatic carbocycles. The Morgan fingerprint density at radius 3 is 1.86 bits per heavy atom. The van der Waals surface area contributed by atoms with Crippen LogP contribution in [0.2, 0.25) is 0 Å². The molecule has 0 amide bonds. The molecule has 0 radical (unpaired) electrons. The first-order valence-electron chi connectivity index (χ1n) is 1.53. The third-order valence-electron chi connectivity index (χ3n) is 0.365. The van der Waals surface area contributed by atoms with Gasteiger partial charge < -0.3 is 5.11 Å². The molecule has 0 heterocycles. The van der Waals surface area contributed by atoms with E-state index in [1.165, 1.54) is 6.92 Å². The number of carboxylic acids is 1. The average Bonchev–Trinajstić information content (AvgIpc) is 1.36. The predicted molar refractivity (Wildman–Crippen MR) is 22.4 cm³/mol. The molecule has 0 aliphatic rings. The monoisotopic (exact) mass is 188 g/mol. The maximum atomic E-state index is 9.60. The van der Waals surface area contributed by atoms with E-state index in [0.717, 1.165) is 0 Å². The topological polar surface area (TPSA) is 37.3 Å². The molecule has 0 unspecified atom stereocenters. The predicted octanol–water partition coefficient (Wildman–Crippen LogP) is 0.645. The van der Waals surface area contributed by atoms with E-state index in [2.05, 4.69) is 6.58 Å². The second kappa shape index (κ2) is 4.00. The van der Waals surface area contributed by atoms with Gasteiger partial charge in [0.1, 0.15) is 0 Å². The molecule has 3 heteroatoms. The Morgan fingerprint density at radius 2 is 1.86 bits per heavy atom. The fourth-order valence-corrected chi connectivity index (χ4v) is 0. The first-order chi connectivity index (χ1) is 2.64. The molecule has 0 fully saturated rings. The molecular formula is C4H6O2Ru. The van der Waals surface area contributed by atoms with Gasteiger partial charge in [0.05, 0.1) is 0 Å². The molecule has 0 aromatic rings. The molecule has 1 N–H and O–H groups in total. The minimum atomic E-state index is -0.935. The Labute approximate surface area is 55.0 Å². The van der Waals surface area contributed by atoms with Gasteiger partial charge in [-0.05, 0) is 6.92 Å². The van der Waals surface area contributed by atoms with E-state index >= 15 is 0 Å². The third kappa shape index (κ3) is 5.83. The van der Waals surface area contributed by atoms with Crippen LogP contribution in [0.1, 0.15) is 6.92 Å². The minimum absolute atomic E-state index is 0. The molecule has 0 saturated heterocycles. The molecule has 42 valence electrons. The largest absolute Gasteiger partial charge is 0.478 e. The summed E-state index contributed by atoms with van der Waals surface area (Å²) in [6.45, 7) is 4.60. The molecule has 0 bridgehead atoms. The maximum Gasteiger partial charge on any atom is 0.330 e. The van der Waals surface area contributed by atoms with Crippen molar-refractivity contribution in [3.05, 3.63) is 12.2 Å². The zero-order chi connectivity index (χ0) is 5.15. The molecular weight excluding hydrogens is 181 g/mol. The molecule has 0 aliphatic heterocycles. The van der Waals surface area contributed by atoms with Crippen LogP contribution in [-0.4, -0.2) is 11.1 Å². The van der Waals surface area contributed by atoms with Crippen molar-refractivity contribution in [1.29, 1.82) is 0 Å². The Hall–Kier alpha value is -0.167. The summed E-state index contributed by atoms with van der Waals surface area (Å²) < 4.78 is 0. The normalized spacial score (nSPS) is 6.43. The summed E-state index contributed by atoms with van der Waals surface area (Å²) in [5.41, 5.74) is 0.176. The van der Waals surface area contributed by atoms with Crippen LogP contribution in [0.3, 0.4) is 0 Å². The number of rotatable bonds is 1. The molecule has 7 heavy (non-hydrogen) atoms. The van der Waals surface area contributed by atoms with E-state index in [1.54, 1.807) is 0 Å². The van der Waals surface area contributed by atoms with Crippen molar-refractivity contribution in [1.82, 2.24) is 0 Å². The van der Waals surface area contributed by atoms with Crippen molar-refractivity contribution in [2.24, 2.45) is 0 Å². The van der Waals surface area contributed by atoms with Gasteiger partial charge in [0.2, 0.25) is 0 Å². The van der Waals surface area contributed by atoms with Gasteiger partial charge in [0, 0.05) is 25.1 Å². The van der Waals surface area contributed by atoms with Crippen molar-refractivity contribution in [3.63, 3.8) is 0 Å². The summed E-state index contributed by atoms with van der Waals surface area (Å²) >= 11 is 0. The van der Waals surface area contributed by atoms with Crippen LogP contribution in [0, 0.1) is 0 Å². The number of carbonyl (C=O) groups is 1. The number of hydrogen-bond donors (Lipinski definition) is 1. The third-order valence-corrected chi connectivity index (χ3v) is 0.365. The van der Waals surface area contributed by atoms with Gasteiger partial charge in [-0.15, -0.1) is 0 Å². The van der Waals surface area contributed by atoms with Crippen LogP contribution in [0.4, 0.5) is 0 Å². The summed E-state index contributed by atoms with van der Waals surface area (Å²) in [6.07, 6.45) is 0. The second-order valence-electron chi connectivity index (χ2n) is 1.09. The van der Waals surface area contributed by atoms with Crippen LogP contribution in [-0.2, 0) is 24.3 Å². The standard InChI is InChI=1S/C4H6O2.Ru/c1-3(2)4(5)6;/h1H2,2H3,(H,5,6);. The van der Waals surface area contributed by atoms with E-state index < -0.39 is 5.97 Å². The van der Waals surface area contributed by atoms with Gasteiger partial charge in [-0.25, -0.2) is 4.79 Å². The van der Waals surface area contributed by atoms with Crippen LogP contribution >= 0.6 is 0 Å². The molecule has 0 aromatic heterocycles. The average molecular weight is 187 g/mol. The molecule has 2 nitrogen and oxygen atoms in total. The first kappa shape index (κ1) is 9.95. The second-order valence-corrected chi connectivity index (χ2v) is 1.09. The quantitative estimate of drug-likeness (QED) is 0.483.